The van der Waals surface area contributed by atoms with Crippen LogP contribution in [0.1, 0.15) is 30.9 Å². The van der Waals surface area contributed by atoms with Gasteiger partial charge in [0.25, 0.3) is 0 Å². The fourth-order valence-corrected chi connectivity index (χ4v) is 2.05. The molecule has 2 N–H and O–H groups in total. The summed E-state index contributed by atoms with van der Waals surface area (Å²) in [6, 6.07) is 5.74. The van der Waals surface area contributed by atoms with E-state index in [0.29, 0.717) is 5.75 Å². The summed E-state index contributed by atoms with van der Waals surface area (Å²) in [5, 5.41) is 0. The highest BCUT2D eigenvalue weighted by molar-refractivity contribution is 5.85. The van der Waals surface area contributed by atoms with Crippen molar-refractivity contribution >= 4 is 18.4 Å². The zero-order chi connectivity index (χ0) is 11.5. The van der Waals surface area contributed by atoms with Gasteiger partial charge in [-0.2, -0.15) is 0 Å². The summed E-state index contributed by atoms with van der Waals surface area (Å²) in [4.78, 5) is 11.4. The van der Waals surface area contributed by atoms with Crippen LogP contribution in [-0.4, -0.2) is 12.0 Å². The van der Waals surface area contributed by atoms with Gasteiger partial charge in [-0.05, 0) is 49.4 Å². The smallest absolute Gasteiger partial charge is 0.312 e. The Morgan fingerprint density at radius 1 is 1.41 bits per heavy atom. The molecule has 1 aliphatic carbocycles. The number of hydrogen-bond donors (Lipinski definition) is 1. The molecule has 1 aromatic carbocycles. The van der Waals surface area contributed by atoms with E-state index in [1.165, 1.54) is 17.5 Å². The maximum Gasteiger partial charge on any atom is 0.312 e. The van der Waals surface area contributed by atoms with E-state index in [9.17, 15) is 4.79 Å². The van der Waals surface area contributed by atoms with Crippen molar-refractivity contribution in [2.75, 3.05) is 0 Å². The van der Waals surface area contributed by atoms with Gasteiger partial charge in [-0.25, -0.2) is 0 Å². The number of carbonyl (C=O) groups is 1. The number of esters is 1. The third-order valence-corrected chi connectivity index (χ3v) is 2.79. The van der Waals surface area contributed by atoms with E-state index in [0.717, 1.165) is 12.8 Å². The Balaban J connectivity index is 0.00000144. The normalized spacial score (nSPS) is 14.7. The Bertz CT molecular complexity index is 404. The zero-order valence-corrected chi connectivity index (χ0v) is 10.8. The molecule has 0 saturated heterocycles. The average Bonchev–Trinajstić information content (AvgIpc) is 2.63. The Hall–Kier alpha value is -1.06. The molecule has 0 amide bonds. The number of aryl methyl sites for hydroxylation is 2. The quantitative estimate of drug-likeness (QED) is 0.666. The van der Waals surface area contributed by atoms with Crippen LogP contribution >= 0.6 is 12.4 Å². The van der Waals surface area contributed by atoms with Crippen molar-refractivity contribution in [3.05, 3.63) is 29.3 Å². The van der Waals surface area contributed by atoms with Gasteiger partial charge in [0.05, 0.1) is 6.42 Å². The fraction of sp³-hybridized carbons (Fsp3) is 0.462. The summed E-state index contributed by atoms with van der Waals surface area (Å²) in [5.74, 6) is 0.388. The highest BCUT2D eigenvalue weighted by Crippen LogP contribution is 2.26. The third-order valence-electron chi connectivity index (χ3n) is 2.79. The van der Waals surface area contributed by atoms with Crippen molar-refractivity contribution in [1.82, 2.24) is 0 Å². The van der Waals surface area contributed by atoms with Crippen LogP contribution in [0.5, 0.6) is 5.75 Å². The fourth-order valence-electron chi connectivity index (χ4n) is 2.05. The molecule has 17 heavy (non-hydrogen) atoms. The van der Waals surface area contributed by atoms with Crippen molar-refractivity contribution in [3.63, 3.8) is 0 Å². The van der Waals surface area contributed by atoms with Gasteiger partial charge < -0.3 is 10.5 Å². The molecule has 0 radical (unpaired) electrons. The Kier molecular flexibility index (Phi) is 4.97. The highest BCUT2D eigenvalue weighted by atomic mass is 35.5. The second kappa shape index (κ2) is 6.03. The van der Waals surface area contributed by atoms with Crippen LogP contribution in [0.2, 0.25) is 0 Å². The lowest BCUT2D eigenvalue weighted by atomic mass is 10.1. The van der Waals surface area contributed by atoms with Crippen molar-refractivity contribution in [1.29, 1.82) is 0 Å². The number of benzene rings is 1. The lowest BCUT2D eigenvalue weighted by molar-refractivity contribution is -0.134. The Labute approximate surface area is 108 Å². The predicted molar refractivity (Wildman–Crippen MR) is 69.6 cm³/mol. The van der Waals surface area contributed by atoms with Crippen molar-refractivity contribution in [2.24, 2.45) is 5.73 Å². The lowest BCUT2D eigenvalue weighted by Gasteiger charge is -2.07. The molecule has 0 fully saturated rings. The molecule has 1 aromatic rings. The van der Waals surface area contributed by atoms with Gasteiger partial charge >= 0.3 is 5.97 Å². The average molecular weight is 256 g/mol. The van der Waals surface area contributed by atoms with Crippen LogP contribution < -0.4 is 10.5 Å². The highest BCUT2D eigenvalue weighted by Gasteiger charge is 2.13. The molecular formula is C13H18ClNO2. The minimum Gasteiger partial charge on any atom is -0.426 e. The van der Waals surface area contributed by atoms with Gasteiger partial charge in [0, 0.05) is 6.04 Å². The van der Waals surface area contributed by atoms with E-state index in [1.807, 2.05) is 12.1 Å². The van der Waals surface area contributed by atoms with E-state index < -0.39 is 0 Å². The molecule has 2 rings (SSSR count). The number of carbonyl (C=O) groups excluding carboxylic acids is 1. The summed E-state index contributed by atoms with van der Waals surface area (Å²) < 4.78 is 5.23. The molecule has 1 atom stereocenters. The number of rotatable bonds is 3. The number of nitrogens with two attached hydrogens (primary N) is 1. The molecule has 0 aliphatic heterocycles. The molecule has 3 nitrogen and oxygen atoms in total. The van der Waals surface area contributed by atoms with Crippen LogP contribution in [0.15, 0.2) is 18.2 Å². The van der Waals surface area contributed by atoms with E-state index in [-0.39, 0.29) is 30.8 Å². The topological polar surface area (TPSA) is 52.3 Å². The second-order valence-electron chi connectivity index (χ2n) is 4.44. The van der Waals surface area contributed by atoms with E-state index >= 15 is 0 Å². The van der Waals surface area contributed by atoms with Gasteiger partial charge in [0.1, 0.15) is 5.75 Å². The summed E-state index contributed by atoms with van der Waals surface area (Å²) in [7, 11) is 0. The van der Waals surface area contributed by atoms with Gasteiger partial charge in [-0.3, -0.25) is 4.79 Å². The first-order valence-electron chi connectivity index (χ1n) is 5.73. The maximum atomic E-state index is 11.4. The third kappa shape index (κ3) is 3.72. The molecule has 0 heterocycles. The molecule has 0 spiro atoms. The first-order chi connectivity index (χ1) is 7.65. The molecule has 94 valence electrons. The Morgan fingerprint density at radius 3 is 2.82 bits per heavy atom. The molecule has 1 aliphatic rings. The molecule has 4 heteroatoms. The number of hydrogen-bond acceptors (Lipinski definition) is 3. The largest absolute Gasteiger partial charge is 0.426 e. The van der Waals surface area contributed by atoms with Crippen LogP contribution in [0, 0.1) is 0 Å². The first-order valence-corrected chi connectivity index (χ1v) is 5.73. The molecule has 0 aromatic heterocycles. The first kappa shape index (κ1) is 14.0. The summed E-state index contributed by atoms with van der Waals surface area (Å²) >= 11 is 0. The summed E-state index contributed by atoms with van der Waals surface area (Å²) in [6.07, 6.45) is 3.70. The van der Waals surface area contributed by atoms with Gasteiger partial charge in [0.15, 0.2) is 0 Å². The molecule has 0 saturated carbocycles. The zero-order valence-electron chi connectivity index (χ0n) is 9.94. The van der Waals surface area contributed by atoms with E-state index in [2.05, 4.69) is 6.07 Å². The van der Waals surface area contributed by atoms with E-state index in [1.54, 1.807) is 6.92 Å². The number of fused-ring (bicyclic) bond motifs is 1. The summed E-state index contributed by atoms with van der Waals surface area (Å²) in [6.45, 7) is 1.80. The van der Waals surface area contributed by atoms with Crippen LogP contribution in [0.3, 0.4) is 0 Å². The van der Waals surface area contributed by atoms with Crippen LogP contribution in [-0.2, 0) is 17.6 Å². The van der Waals surface area contributed by atoms with E-state index in [4.69, 9.17) is 10.5 Å². The van der Waals surface area contributed by atoms with Crippen LogP contribution in [0.25, 0.3) is 0 Å². The Morgan fingerprint density at radius 2 is 2.12 bits per heavy atom. The van der Waals surface area contributed by atoms with Crippen molar-refractivity contribution < 1.29 is 9.53 Å². The van der Waals surface area contributed by atoms with Crippen LogP contribution in [0.4, 0.5) is 0 Å². The predicted octanol–water partition coefficient (Wildman–Crippen LogP) is 2.24. The molecular weight excluding hydrogens is 238 g/mol. The van der Waals surface area contributed by atoms with Gasteiger partial charge in [-0.15, -0.1) is 12.4 Å². The maximum absolute atomic E-state index is 11.4. The standard InChI is InChI=1S/C13H17NO2.ClH/c1-9(14)7-13(15)16-12-6-5-10-3-2-4-11(10)8-12;/h5-6,8-9H,2-4,7,14H2,1H3;1H. The monoisotopic (exact) mass is 255 g/mol. The minimum atomic E-state index is -0.257. The molecule has 0 bridgehead atoms. The number of ether oxygens (including phenoxy) is 1. The minimum absolute atomic E-state index is 0. The lowest BCUT2D eigenvalue weighted by Crippen LogP contribution is -2.22. The second-order valence-corrected chi connectivity index (χ2v) is 4.44. The SMILES string of the molecule is CC(N)CC(=O)Oc1ccc2c(c1)CCC2.Cl. The van der Waals surface area contributed by atoms with Crippen molar-refractivity contribution in [2.45, 2.75) is 38.6 Å². The summed E-state index contributed by atoms with van der Waals surface area (Å²) in [5.41, 5.74) is 8.23. The number of halogens is 1. The molecule has 1 unspecified atom stereocenters. The van der Waals surface area contributed by atoms with Crippen molar-refractivity contribution in [3.8, 4) is 5.75 Å². The van der Waals surface area contributed by atoms with Gasteiger partial charge in [0.2, 0.25) is 0 Å². The van der Waals surface area contributed by atoms with Gasteiger partial charge in [-0.1, -0.05) is 6.07 Å².